The topological polar surface area (TPSA) is 118 Å². The first kappa shape index (κ1) is 32.1. The van der Waals surface area contributed by atoms with E-state index in [1.54, 1.807) is 19.2 Å². The van der Waals surface area contributed by atoms with E-state index in [1.807, 2.05) is 43.3 Å². The summed E-state index contributed by atoms with van der Waals surface area (Å²) in [7, 11) is -2.53. The molecule has 0 spiro atoms. The van der Waals surface area contributed by atoms with Gasteiger partial charge in [-0.25, -0.2) is 17.6 Å². The minimum absolute atomic E-state index is 0.134. The molecule has 0 radical (unpaired) electrons. The highest BCUT2D eigenvalue weighted by molar-refractivity contribution is 7.85. The van der Waals surface area contributed by atoms with Gasteiger partial charge in [-0.2, -0.15) is 0 Å². The van der Waals surface area contributed by atoms with E-state index in [9.17, 15) is 17.8 Å². The number of hydrogen-bond donors (Lipinski definition) is 1. The van der Waals surface area contributed by atoms with E-state index in [2.05, 4.69) is 52.7 Å². The Balaban J connectivity index is 0.000000324. The second-order valence-corrected chi connectivity index (χ2v) is 12.4. The third kappa shape index (κ3) is 7.06. The van der Waals surface area contributed by atoms with Gasteiger partial charge in [0.15, 0.2) is 0 Å². The zero-order valence-corrected chi connectivity index (χ0v) is 25.9. The molecule has 9 heteroatoms. The minimum Gasteiger partial charge on any atom is -0.744 e. The smallest absolute Gasteiger partial charge is 0.256 e. The van der Waals surface area contributed by atoms with E-state index in [4.69, 9.17) is 10.5 Å². The second kappa shape index (κ2) is 14.1. The quantitative estimate of drug-likeness (QED) is 0.208. The van der Waals surface area contributed by atoms with Crippen LogP contribution in [0.3, 0.4) is 0 Å². The predicted molar refractivity (Wildman–Crippen MR) is 164 cm³/mol. The number of carbonyl (C=O) groups is 1. The fourth-order valence-corrected chi connectivity index (χ4v) is 6.89. The molecule has 3 aromatic carbocycles. The van der Waals surface area contributed by atoms with Crippen LogP contribution >= 0.6 is 0 Å². The highest BCUT2D eigenvalue weighted by atomic mass is 32.2. The van der Waals surface area contributed by atoms with Crippen LogP contribution in [0.15, 0.2) is 102 Å². The molecule has 0 aliphatic heterocycles. The summed E-state index contributed by atoms with van der Waals surface area (Å²) in [6.07, 6.45) is 8.20. The Morgan fingerprint density at radius 3 is 2.07 bits per heavy atom. The van der Waals surface area contributed by atoms with E-state index < -0.39 is 15.5 Å². The van der Waals surface area contributed by atoms with Gasteiger partial charge in [0.1, 0.15) is 40.5 Å². The Morgan fingerprint density at radius 2 is 1.58 bits per heavy atom. The number of amides is 1. The van der Waals surface area contributed by atoms with Crippen molar-refractivity contribution in [2.75, 3.05) is 13.7 Å². The van der Waals surface area contributed by atoms with Crippen molar-refractivity contribution in [2.45, 2.75) is 62.4 Å². The Kier molecular flexibility index (Phi) is 10.6. The lowest BCUT2D eigenvalue weighted by Gasteiger charge is -2.37. The summed E-state index contributed by atoms with van der Waals surface area (Å²) < 4.78 is 41.1. The summed E-state index contributed by atoms with van der Waals surface area (Å²) in [4.78, 5) is 13.1. The van der Waals surface area contributed by atoms with Crippen LogP contribution in [0, 0.1) is 12.8 Å². The summed E-state index contributed by atoms with van der Waals surface area (Å²) in [5.41, 5.74) is 8.33. The van der Waals surface area contributed by atoms with Crippen molar-refractivity contribution in [2.24, 2.45) is 11.7 Å². The van der Waals surface area contributed by atoms with E-state index in [1.165, 1.54) is 18.0 Å². The second-order valence-electron chi connectivity index (χ2n) is 11.0. The van der Waals surface area contributed by atoms with Crippen LogP contribution in [-0.4, -0.2) is 37.2 Å². The lowest BCUT2D eigenvalue weighted by Crippen LogP contribution is -2.47. The fourth-order valence-electron chi connectivity index (χ4n) is 6.42. The normalized spacial score (nSPS) is 16.8. The summed E-state index contributed by atoms with van der Waals surface area (Å²) in [5.74, 6) is 1.17. The maximum absolute atomic E-state index is 13.3. The Bertz CT molecular complexity index is 1550. The number of nitrogens with two attached hydrogens (primary N) is 1. The van der Waals surface area contributed by atoms with Gasteiger partial charge in [-0.05, 0) is 55.4 Å². The van der Waals surface area contributed by atoms with Crippen molar-refractivity contribution in [1.29, 1.82) is 0 Å². The number of methoxy groups -OCH3 is 1. The molecule has 1 aliphatic carbocycles. The highest BCUT2D eigenvalue weighted by Crippen LogP contribution is 2.50. The van der Waals surface area contributed by atoms with Gasteiger partial charge in [0.25, 0.3) is 5.82 Å². The van der Waals surface area contributed by atoms with Gasteiger partial charge in [-0.3, -0.25) is 4.79 Å². The van der Waals surface area contributed by atoms with Crippen LogP contribution in [0.1, 0.15) is 54.7 Å². The van der Waals surface area contributed by atoms with E-state index in [-0.39, 0.29) is 16.7 Å². The molecule has 0 unspecified atom stereocenters. The molecule has 2 N–H and O–H groups in total. The van der Waals surface area contributed by atoms with Crippen LogP contribution in [0.2, 0.25) is 0 Å². The highest BCUT2D eigenvalue weighted by Gasteiger charge is 2.51. The number of benzene rings is 3. The molecule has 43 heavy (non-hydrogen) atoms. The number of nitrogens with zero attached hydrogens (tertiary/aromatic N) is 2. The first-order valence-electron chi connectivity index (χ1n) is 14.6. The molecule has 5 rings (SSSR count). The fraction of sp³-hybridized carbons (Fsp3) is 0.353. The molecule has 0 saturated heterocycles. The molecule has 1 aromatic heterocycles. The van der Waals surface area contributed by atoms with Crippen molar-refractivity contribution in [3.05, 3.63) is 120 Å². The third-order valence-electron chi connectivity index (χ3n) is 8.46. The van der Waals surface area contributed by atoms with Gasteiger partial charge in [-0.15, -0.1) is 0 Å². The molecular weight excluding hydrogens is 562 g/mol. The number of hydrogen-bond acceptors (Lipinski definition) is 5. The van der Waals surface area contributed by atoms with Crippen molar-refractivity contribution in [3.63, 3.8) is 0 Å². The predicted octanol–water partition coefficient (Wildman–Crippen LogP) is 4.70. The van der Waals surface area contributed by atoms with Gasteiger partial charge >= 0.3 is 0 Å². The van der Waals surface area contributed by atoms with Gasteiger partial charge in [-0.1, -0.05) is 85.3 Å². The molecule has 228 valence electrons. The average Bonchev–Trinajstić information content (AvgIpc) is 3.65. The number of aryl methyl sites for hydroxylation is 1. The van der Waals surface area contributed by atoms with Crippen molar-refractivity contribution in [3.8, 4) is 0 Å². The molecule has 0 bridgehead atoms. The first-order chi connectivity index (χ1) is 20.6. The number of primary amides is 1. The van der Waals surface area contributed by atoms with E-state index >= 15 is 0 Å². The lowest BCUT2D eigenvalue weighted by molar-refractivity contribution is -0.705. The van der Waals surface area contributed by atoms with Crippen LogP contribution in [0.4, 0.5) is 0 Å². The summed E-state index contributed by atoms with van der Waals surface area (Å²) >= 11 is 0. The largest absolute Gasteiger partial charge is 0.744 e. The number of rotatable bonds is 10. The molecule has 1 saturated carbocycles. The zero-order valence-electron chi connectivity index (χ0n) is 25.1. The molecule has 1 aliphatic rings. The molecule has 1 amide bonds. The third-order valence-corrected chi connectivity index (χ3v) is 9.31. The van der Waals surface area contributed by atoms with Crippen LogP contribution in [0.5, 0.6) is 0 Å². The van der Waals surface area contributed by atoms with Gasteiger partial charge in [0, 0.05) is 13.5 Å². The van der Waals surface area contributed by atoms with Crippen molar-refractivity contribution < 1.29 is 27.1 Å². The molecule has 1 heterocycles. The summed E-state index contributed by atoms with van der Waals surface area (Å²) in [6, 6.07) is 26.3. The molecule has 1 fully saturated rings. The summed E-state index contributed by atoms with van der Waals surface area (Å²) in [6.45, 7) is 5.56. The van der Waals surface area contributed by atoms with E-state index in [0.717, 1.165) is 48.9 Å². The standard InChI is InChI=1S/C27H33N3O2.C7H8O3S/c1-3-25-29(18-19-32-2)16-17-30(25)24-15-14-23(20-24)27(26(28)31,21-10-6-4-7-11-21)22-12-8-5-9-13-22;1-6-2-4-7(5-3-6)11(8,9)10/h4-13,16-17,23-24H,3,14-15,18-20H2,1-2H3,(H-,28,31);2-5H,1H3,(H,8,9,10)/t23-,24+;/m0./s1. The average molecular weight is 604 g/mol. The first-order valence-corrected chi connectivity index (χ1v) is 16.0. The maximum Gasteiger partial charge on any atom is 0.256 e. The number of ether oxygens (including phenoxy) is 1. The molecule has 2 atom stereocenters. The monoisotopic (exact) mass is 603 g/mol. The SMILES string of the molecule is CCc1n([C@@H]2CC[C@H](C(C(N)=O)(c3ccccc3)c3ccccc3)C2)cc[n+]1CCOC.Cc1ccc(S(=O)(=O)[O-])cc1. The summed E-state index contributed by atoms with van der Waals surface area (Å²) in [5, 5.41) is 0. The molecule has 4 aromatic rings. The number of aromatic nitrogens is 2. The van der Waals surface area contributed by atoms with Crippen molar-refractivity contribution >= 4 is 16.0 Å². The Labute approximate surface area is 254 Å². The van der Waals surface area contributed by atoms with Crippen LogP contribution in [-0.2, 0) is 38.0 Å². The number of carbonyl (C=O) groups excluding carboxylic acids is 1. The van der Waals surface area contributed by atoms with Crippen molar-refractivity contribution in [1.82, 2.24) is 4.57 Å². The Morgan fingerprint density at radius 1 is 1.00 bits per heavy atom. The van der Waals surface area contributed by atoms with Gasteiger partial charge in [0.2, 0.25) is 5.91 Å². The maximum atomic E-state index is 13.3. The lowest BCUT2D eigenvalue weighted by atomic mass is 9.64. The van der Waals surface area contributed by atoms with E-state index in [0.29, 0.717) is 12.6 Å². The van der Waals surface area contributed by atoms with Gasteiger partial charge < -0.3 is 15.0 Å². The van der Waals surface area contributed by atoms with Crippen LogP contribution < -0.4 is 10.3 Å². The Hall–Kier alpha value is -3.79. The van der Waals surface area contributed by atoms with Crippen LogP contribution in [0.25, 0.3) is 0 Å². The number of imidazole rings is 1. The van der Waals surface area contributed by atoms with Gasteiger partial charge in [0.05, 0.1) is 11.5 Å². The minimum atomic E-state index is -4.27. The molecular formula is C34H41N3O5S. The zero-order chi connectivity index (χ0) is 31.0. The molecule has 8 nitrogen and oxygen atoms in total.